The number of aromatic nitrogens is 3. The summed E-state index contributed by atoms with van der Waals surface area (Å²) in [5, 5.41) is 9.12. The number of hydrogen-bond donors (Lipinski definition) is 0. The van der Waals surface area contributed by atoms with Crippen molar-refractivity contribution in [2.45, 2.75) is 31.3 Å². The molecule has 0 atom stereocenters. The van der Waals surface area contributed by atoms with Gasteiger partial charge in [0, 0.05) is 24.7 Å². The quantitative estimate of drug-likeness (QED) is 0.798. The molecule has 1 aliphatic rings. The molecule has 0 saturated heterocycles. The molecule has 2 aromatic rings. The van der Waals surface area contributed by atoms with Gasteiger partial charge in [0.25, 0.3) is 0 Å². The third kappa shape index (κ3) is 2.70. The number of thioether (sulfide) groups is 1. The van der Waals surface area contributed by atoms with Gasteiger partial charge in [-0.15, -0.1) is 10.2 Å². The minimum Gasteiger partial charge on any atom is -0.315 e. The van der Waals surface area contributed by atoms with Crippen molar-refractivity contribution in [3.8, 4) is 11.3 Å². The van der Waals surface area contributed by atoms with E-state index in [9.17, 15) is 4.79 Å². The fourth-order valence-electron chi connectivity index (χ4n) is 2.73. The topological polar surface area (TPSA) is 59.0 Å². The number of nitrogens with zero attached hydrogens (tertiary/aromatic N) is 4. The van der Waals surface area contributed by atoms with Gasteiger partial charge in [-0.2, -0.15) is 0 Å². The molecular formula is C16H18N4OS. The molecule has 1 aromatic carbocycles. The number of carbonyl (C=O) groups excluding carboxylic acids is 1. The maximum absolute atomic E-state index is 11.9. The van der Waals surface area contributed by atoms with Gasteiger partial charge in [-0.3, -0.25) is 4.79 Å². The molecule has 6 heteroatoms. The van der Waals surface area contributed by atoms with E-state index in [1.807, 2.05) is 32.4 Å². The average molecular weight is 314 g/mol. The standard InChI is InChI=1S/C16H18N4OS/c1-10-15(18-19-16(17-10)22-3)12-7-8-13-11(9-12)5-4-6-14(21)20(13)2/h7-9H,4-6H2,1-3H3. The predicted octanol–water partition coefficient (Wildman–Crippen LogP) is 2.87. The number of benzene rings is 1. The Bertz CT molecular complexity index is 732. The highest BCUT2D eigenvalue weighted by molar-refractivity contribution is 7.98. The summed E-state index contributed by atoms with van der Waals surface area (Å²) in [4.78, 5) is 18.1. The SMILES string of the molecule is CSc1nnc(-c2ccc3c(c2)CCCC(=O)N3C)c(C)n1. The van der Waals surface area contributed by atoms with E-state index >= 15 is 0 Å². The normalized spacial score (nSPS) is 14.7. The Morgan fingerprint density at radius 3 is 2.77 bits per heavy atom. The first-order valence-corrected chi connectivity index (χ1v) is 8.48. The van der Waals surface area contributed by atoms with Crippen molar-refractivity contribution >= 4 is 23.4 Å². The minimum absolute atomic E-state index is 0.175. The van der Waals surface area contributed by atoms with Gasteiger partial charge in [-0.05, 0) is 43.7 Å². The van der Waals surface area contributed by atoms with Crippen molar-refractivity contribution in [3.63, 3.8) is 0 Å². The van der Waals surface area contributed by atoms with E-state index < -0.39 is 0 Å². The number of hydrogen-bond acceptors (Lipinski definition) is 5. The molecule has 114 valence electrons. The van der Waals surface area contributed by atoms with Crippen LogP contribution >= 0.6 is 11.8 Å². The highest BCUT2D eigenvalue weighted by atomic mass is 32.2. The van der Waals surface area contributed by atoms with Crippen molar-refractivity contribution in [3.05, 3.63) is 29.5 Å². The van der Waals surface area contributed by atoms with Gasteiger partial charge in [0.05, 0.1) is 5.69 Å². The first-order valence-electron chi connectivity index (χ1n) is 7.25. The van der Waals surface area contributed by atoms with Crippen LogP contribution in [0, 0.1) is 6.92 Å². The molecule has 5 nitrogen and oxygen atoms in total. The van der Waals surface area contributed by atoms with Crippen LogP contribution in [0.1, 0.15) is 24.1 Å². The van der Waals surface area contributed by atoms with Gasteiger partial charge >= 0.3 is 0 Å². The Labute approximate surface area is 134 Å². The third-order valence-corrected chi connectivity index (χ3v) is 4.49. The molecule has 0 spiro atoms. The summed E-state index contributed by atoms with van der Waals surface area (Å²) in [5.74, 6) is 0.175. The molecule has 0 N–H and O–H groups in total. The fourth-order valence-corrected chi connectivity index (χ4v) is 3.08. The summed E-state index contributed by atoms with van der Waals surface area (Å²) in [5.41, 5.74) is 4.86. The molecule has 1 amide bonds. The molecular weight excluding hydrogens is 296 g/mol. The second-order valence-electron chi connectivity index (χ2n) is 5.38. The van der Waals surface area contributed by atoms with Crippen LogP contribution in [-0.2, 0) is 11.2 Å². The number of aryl methyl sites for hydroxylation is 2. The van der Waals surface area contributed by atoms with Gasteiger partial charge in [0.15, 0.2) is 0 Å². The highest BCUT2D eigenvalue weighted by Gasteiger charge is 2.19. The molecule has 0 aliphatic carbocycles. The van der Waals surface area contributed by atoms with Crippen LogP contribution in [0.3, 0.4) is 0 Å². The summed E-state index contributed by atoms with van der Waals surface area (Å²) < 4.78 is 0. The van der Waals surface area contributed by atoms with Crippen LogP contribution in [-0.4, -0.2) is 34.4 Å². The Balaban J connectivity index is 2.04. The van der Waals surface area contributed by atoms with E-state index in [0.29, 0.717) is 11.6 Å². The van der Waals surface area contributed by atoms with Crippen molar-refractivity contribution in [2.75, 3.05) is 18.2 Å². The van der Waals surface area contributed by atoms with E-state index in [0.717, 1.165) is 35.5 Å². The minimum atomic E-state index is 0.175. The van der Waals surface area contributed by atoms with Gasteiger partial charge < -0.3 is 4.90 Å². The Morgan fingerprint density at radius 1 is 1.23 bits per heavy atom. The zero-order valence-corrected chi connectivity index (χ0v) is 13.8. The smallest absolute Gasteiger partial charge is 0.226 e. The van der Waals surface area contributed by atoms with Crippen LogP contribution in [0.2, 0.25) is 0 Å². The summed E-state index contributed by atoms with van der Waals surface area (Å²) >= 11 is 1.48. The molecule has 2 heterocycles. The Morgan fingerprint density at radius 2 is 2.05 bits per heavy atom. The van der Waals surface area contributed by atoms with Crippen molar-refractivity contribution < 1.29 is 4.79 Å². The number of fused-ring (bicyclic) bond motifs is 1. The largest absolute Gasteiger partial charge is 0.315 e. The maximum atomic E-state index is 11.9. The van der Waals surface area contributed by atoms with E-state index in [1.165, 1.54) is 17.3 Å². The van der Waals surface area contributed by atoms with Gasteiger partial charge in [-0.1, -0.05) is 17.8 Å². The van der Waals surface area contributed by atoms with Gasteiger partial charge in [0.1, 0.15) is 5.69 Å². The van der Waals surface area contributed by atoms with Crippen molar-refractivity contribution in [2.24, 2.45) is 0 Å². The van der Waals surface area contributed by atoms with Crippen LogP contribution < -0.4 is 4.90 Å². The zero-order valence-electron chi connectivity index (χ0n) is 13.0. The van der Waals surface area contributed by atoms with E-state index in [1.54, 1.807) is 4.90 Å². The molecule has 0 unspecified atom stereocenters. The summed E-state index contributed by atoms with van der Waals surface area (Å²) in [6.45, 7) is 1.95. The molecule has 3 rings (SSSR count). The van der Waals surface area contributed by atoms with E-state index in [-0.39, 0.29) is 5.91 Å². The molecule has 0 fully saturated rings. The summed E-state index contributed by atoms with van der Waals surface area (Å²) in [6.07, 6.45) is 4.32. The Hall–Kier alpha value is -1.95. The second-order valence-corrected chi connectivity index (χ2v) is 6.16. The number of amides is 1. The summed E-state index contributed by atoms with van der Waals surface area (Å²) in [6, 6.07) is 6.10. The summed E-state index contributed by atoms with van der Waals surface area (Å²) in [7, 11) is 1.84. The van der Waals surface area contributed by atoms with Crippen molar-refractivity contribution in [1.82, 2.24) is 15.2 Å². The lowest BCUT2D eigenvalue weighted by molar-refractivity contribution is -0.118. The fraction of sp³-hybridized carbons (Fsp3) is 0.375. The number of rotatable bonds is 2. The lowest BCUT2D eigenvalue weighted by Crippen LogP contribution is -2.24. The number of carbonyl (C=O) groups is 1. The molecule has 1 aromatic heterocycles. The van der Waals surface area contributed by atoms with Gasteiger partial charge in [-0.25, -0.2) is 4.98 Å². The first-order chi connectivity index (χ1) is 10.6. The molecule has 0 bridgehead atoms. The Kier molecular flexibility index (Phi) is 4.11. The zero-order chi connectivity index (χ0) is 15.7. The number of anilines is 1. The van der Waals surface area contributed by atoms with Crippen LogP contribution in [0.15, 0.2) is 23.4 Å². The maximum Gasteiger partial charge on any atom is 0.226 e. The van der Waals surface area contributed by atoms with Crippen LogP contribution in [0.25, 0.3) is 11.3 Å². The first kappa shape index (κ1) is 15.0. The van der Waals surface area contributed by atoms with E-state index in [4.69, 9.17) is 0 Å². The third-order valence-electron chi connectivity index (χ3n) is 3.95. The van der Waals surface area contributed by atoms with Crippen LogP contribution in [0.5, 0.6) is 0 Å². The molecule has 1 aliphatic heterocycles. The highest BCUT2D eigenvalue weighted by Crippen LogP contribution is 2.31. The lowest BCUT2D eigenvalue weighted by Gasteiger charge is -2.18. The van der Waals surface area contributed by atoms with Crippen LogP contribution in [0.4, 0.5) is 5.69 Å². The lowest BCUT2D eigenvalue weighted by atomic mass is 10.0. The molecule has 22 heavy (non-hydrogen) atoms. The van der Waals surface area contributed by atoms with E-state index in [2.05, 4.69) is 21.2 Å². The molecule has 0 saturated carbocycles. The monoisotopic (exact) mass is 314 g/mol. The second kappa shape index (κ2) is 6.04. The average Bonchev–Trinajstić information content (AvgIpc) is 2.66. The predicted molar refractivity (Wildman–Crippen MR) is 88.1 cm³/mol. The van der Waals surface area contributed by atoms with Crippen molar-refractivity contribution in [1.29, 1.82) is 0 Å². The van der Waals surface area contributed by atoms with Gasteiger partial charge in [0.2, 0.25) is 11.1 Å². The molecule has 0 radical (unpaired) electrons.